The number of halogens is 3. The van der Waals surface area contributed by atoms with Crippen LogP contribution in [0.15, 0.2) is 30.3 Å². The molecule has 0 saturated carbocycles. The van der Waals surface area contributed by atoms with E-state index in [1.54, 1.807) is 0 Å². The molecule has 0 aliphatic carbocycles. The van der Waals surface area contributed by atoms with Gasteiger partial charge in [-0.15, -0.1) is 0 Å². The maximum absolute atomic E-state index is 12.7. The van der Waals surface area contributed by atoms with Gasteiger partial charge in [0, 0.05) is 37.9 Å². The molecule has 2 amide bonds. The highest BCUT2D eigenvalue weighted by Crippen LogP contribution is 2.30. The molecule has 0 atom stereocenters. The molecule has 7 nitrogen and oxygen atoms in total. The molecule has 0 radical (unpaired) electrons. The predicted octanol–water partition coefficient (Wildman–Crippen LogP) is 3.64. The van der Waals surface area contributed by atoms with E-state index in [0.29, 0.717) is 18.2 Å². The van der Waals surface area contributed by atoms with Crippen LogP contribution in [-0.2, 0) is 6.18 Å². The van der Waals surface area contributed by atoms with E-state index in [9.17, 15) is 18.0 Å². The number of amides is 2. The number of carbonyl (C=O) groups is 1. The summed E-state index contributed by atoms with van der Waals surface area (Å²) < 4.78 is 38.2. The number of rotatable bonds is 6. The van der Waals surface area contributed by atoms with E-state index in [1.807, 2.05) is 13.0 Å². The van der Waals surface area contributed by atoms with E-state index in [2.05, 4.69) is 30.8 Å². The topological polar surface area (TPSA) is 82.2 Å². The van der Waals surface area contributed by atoms with Gasteiger partial charge in [-0.3, -0.25) is 0 Å². The molecular weight excluding hydrogens is 385 g/mol. The largest absolute Gasteiger partial charge is 0.416 e. The fourth-order valence-electron chi connectivity index (χ4n) is 3.07. The maximum atomic E-state index is 12.7. The van der Waals surface area contributed by atoms with E-state index in [-0.39, 0.29) is 12.2 Å². The van der Waals surface area contributed by atoms with Crippen molar-refractivity contribution < 1.29 is 18.0 Å². The van der Waals surface area contributed by atoms with Crippen molar-refractivity contribution in [2.45, 2.75) is 25.9 Å². The number of carbonyl (C=O) groups excluding carboxylic acids is 1. The van der Waals surface area contributed by atoms with Crippen molar-refractivity contribution in [1.82, 2.24) is 15.3 Å². The number of hydrogen-bond acceptors (Lipinski definition) is 5. The quantitative estimate of drug-likeness (QED) is 0.636. The molecule has 2 aromatic rings. The molecule has 0 spiro atoms. The van der Waals surface area contributed by atoms with E-state index in [1.165, 1.54) is 12.1 Å². The summed E-state index contributed by atoms with van der Waals surface area (Å²) in [6, 6.07) is 5.78. The Labute approximate surface area is 166 Å². The summed E-state index contributed by atoms with van der Waals surface area (Å²) in [5, 5.41) is 8.12. The first kappa shape index (κ1) is 20.7. The summed E-state index contributed by atoms with van der Waals surface area (Å²) in [5.74, 6) is 2.21. The van der Waals surface area contributed by atoms with Gasteiger partial charge in [-0.2, -0.15) is 13.2 Å². The Kier molecular flexibility index (Phi) is 6.40. The second kappa shape index (κ2) is 8.97. The van der Waals surface area contributed by atoms with Gasteiger partial charge < -0.3 is 20.9 Å². The molecule has 1 aliphatic heterocycles. The van der Waals surface area contributed by atoms with Gasteiger partial charge in [-0.1, -0.05) is 6.07 Å². The molecule has 1 aromatic carbocycles. The monoisotopic (exact) mass is 408 g/mol. The second-order valence-electron chi connectivity index (χ2n) is 6.74. The number of nitrogens with one attached hydrogen (secondary N) is 3. The van der Waals surface area contributed by atoms with Crippen LogP contribution in [0.5, 0.6) is 0 Å². The van der Waals surface area contributed by atoms with Crippen LogP contribution in [0.3, 0.4) is 0 Å². The highest BCUT2D eigenvalue weighted by Gasteiger charge is 2.30. The molecule has 0 bridgehead atoms. The van der Waals surface area contributed by atoms with Gasteiger partial charge in [0.1, 0.15) is 17.5 Å². The average molecular weight is 408 g/mol. The second-order valence-corrected chi connectivity index (χ2v) is 6.74. The van der Waals surface area contributed by atoms with Gasteiger partial charge in [0.15, 0.2) is 0 Å². The number of hydrogen-bond donors (Lipinski definition) is 3. The van der Waals surface area contributed by atoms with Crippen molar-refractivity contribution in [2.75, 3.05) is 41.7 Å². The van der Waals surface area contributed by atoms with Crippen molar-refractivity contribution >= 4 is 23.4 Å². The number of aromatic nitrogens is 2. The van der Waals surface area contributed by atoms with Gasteiger partial charge in [0.25, 0.3) is 0 Å². The smallest absolute Gasteiger partial charge is 0.368 e. The molecule has 2 heterocycles. The molecule has 1 fully saturated rings. The number of anilines is 3. The zero-order valence-electron chi connectivity index (χ0n) is 16.0. The summed E-state index contributed by atoms with van der Waals surface area (Å²) in [6.45, 7) is 4.46. The molecule has 156 valence electrons. The molecular formula is C19H23F3N6O. The first-order valence-electron chi connectivity index (χ1n) is 9.38. The van der Waals surface area contributed by atoms with Crippen molar-refractivity contribution in [2.24, 2.45) is 0 Å². The third-order valence-corrected chi connectivity index (χ3v) is 4.42. The fraction of sp³-hybridized carbons (Fsp3) is 0.421. The summed E-state index contributed by atoms with van der Waals surface area (Å²) in [7, 11) is 0. The zero-order valence-corrected chi connectivity index (χ0v) is 16.0. The number of benzene rings is 1. The first-order chi connectivity index (χ1) is 13.8. The lowest BCUT2D eigenvalue weighted by atomic mass is 10.2. The molecule has 1 aliphatic rings. The van der Waals surface area contributed by atoms with Gasteiger partial charge >= 0.3 is 12.2 Å². The minimum absolute atomic E-state index is 0.0759. The molecule has 3 rings (SSSR count). The molecule has 29 heavy (non-hydrogen) atoms. The normalized spacial score (nSPS) is 14.0. The average Bonchev–Trinajstić information content (AvgIpc) is 3.19. The van der Waals surface area contributed by atoms with Crippen molar-refractivity contribution in [3.8, 4) is 0 Å². The minimum Gasteiger partial charge on any atom is -0.368 e. The number of aryl methyl sites for hydroxylation is 1. The lowest BCUT2D eigenvalue weighted by Crippen LogP contribution is -2.32. The van der Waals surface area contributed by atoms with Crippen LogP contribution < -0.4 is 20.9 Å². The third-order valence-electron chi connectivity index (χ3n) is 4.42. The van der Waals surface area contributed by atoms with Crippen LogP contribution >= 0.6 is 0 Å². The molecule has 1 aromatic heterocycles. The summed E-state index contributed by atoms with van der Waals surface area (Å²) in [6.07, 6.45) is -2.16. The van der Waals surface area contributed by atoms with Gasteiger partial charge in [-0.25, -0.2) is 14.8 Å². The lowest BCUT2D eigenvalue weighted by molar-refractivity contribution is -0.137. The van der Waals surface area contributed by atoms with Gasteiger partial charge in [0.2, 0.25) is 0 Å². The zero-order chi connectivity index (χ0) is 20.9. The van der Waals surface area contributed by atoms with E-state index in [4.69, 9.17) is 0 Å². The molecule has 0 unspecified atom stereocenters. The number of urea groups is 1. The van der Waals surface area contributed by atoms with Crippen LogP contribution in [0.4, 0.5) is 35.3 Å². The molecule has 10 heteroatoms. The van der Waals surface area contributed by atoms with E-state index >= 15 is 0 Å². The highest BCUT2D eigenvalue weighted by atomic mass is 19.4. The number of alkyl halides is 3. The molecule has 1 saturated heterocycles. The predicted molar refractivity (Wildman–Crippen MR) is 105 cm³/mol. The van der Waals surface area contributed by atoms with E-state index in [0.717, 1.165) is 43.9 Å². The Morgan fingerprint density at radius 3 is 2.62 bits per heavy atom. The van der Waals surface area contributed by atoms with Gasteiger partial charge in [0.05, 0.1) is 5.56 Å². The summed E-state index contributed by atoms with van der Waals surface area (Å²) >= 11 is 0. The van der Waals surface area contributed by atoms with Crippen LogP contribution in [-0.4, -0.2) is 42.2 Å². The Bertz CT molecular complexity index is 852. The fourth-order valence-corrected chi connectivity index (χ4v) is 3.07. The van der Waals surface area contributed by atoms with Crippen LogP contribution in [0.2, 0.25) is 0 Å². The standard InChI is InChI=1S/C19H23F3N6O/c1-13-25-16(12-17(26-13)28-9-2-3-10-28)23-7-8-24-18(29)27-15-6-4-5-14(11-15)19(20,21)22/h4-6,11-12H,2-3,7-10H2,1H3,(H,23,25,26)(H2,24,27,29). The maximum Gasteiger partial charge on any atom is 0.416 e. The summed E-state index contributed by atoms with van der Waals surface area (Å²) in [4.78, 5) is 22.9. The minimum atomic E-state index is -4.46. The van der Waals surface area contributed by atoms with Crippen LogP contribution in [0.25, 0.3) is 0 Å². The van der Waals surface area contributed by atoms with Crippen molar-refractivity contribution in [3.63, 3.8) is 0 Å². The SMILES string of the molecule is Cc1nc(NCCNC(=O)Nc2cccc(C(F)(F)F)c2)cc(N2CCCC2)n1. The first-order valence-corrected chi connectivity index (χ1v) is 9.38. The Morgan fingerprint density at radius 1 is 1.14 bits per heavy atom. The van der Waals surface area contributed by atoms with Crippen molar-refractivity contribution in [1.29, 1.82) is 0 Å². The summed E-state index contributed by atoms with van der Waals surface area (Å²) in [5.41, 5.74) is -0.739. The Balaban J connectivity index is 1.46. The Hall–Kier alpha value is -3.04. The lowest BCUT2D eigenvalue weighted by Gasteiger charge is -2.18. The number of nitrogens with zero attached hydrogens (tertiary/aromatic N) is 3. The van der Waals surface area contributed by atoms with Crippen molar-refractivity contribution in [3.05, 3.63) is 41.7 Å². The van der Waals surface area contributed by atoms with Gasteiger partial charge in [-0.05, 0) is 38.0 Å². The Morgan fingerprint density at radius 2 is 1.90 bits per heavy atom. The van der Waals surface area contributed by atoms with E-state index < -0.39 is 17.8 Å². The van der Waals surface area contributed by atoms with Crippen LogP contribution in [0, 0.1) is 6.92 Å². The third kappa shape index (κ3) is 5.97. The highest BCUT2D eigenvalue weighted by molar-refractivity contribution is 5.89. The van der Waals surface area contributed by atoms with Crippen LogP contribution in [0.1, 0.15) is 24.2 Å². The molecule has 3 N–H and O–H groups in total.